The van der Waals surface area contributed by atoms with E-state index in [0.717, 1.165) is 0 Å². The third-order valence-electron chi connectivity index (χ3n) is 6.36. The first-order chi connectivity index (χ1) is 19.8. The lowest BCUT2D eigenvalue weighted by molar-refractivity contribution is -0.150. The van der Waals surface area contributed by atoms with Crippen LogP contribution in [-0.2, 0) is 32.8 Å². The molecule has 42 heavy (non-hydrogen) atoms. The molecule has 13 nitrogen and oxygen atoms in total. The maximum Gasteiger partial charge on any atom is 0.324 e. The van der Waals surface area contributed by atoms with Gasteiger partial charge in [-0.05, 0) is 32.6 Å². The van der Waals surface area contributed by atoms with Crippen LogP contribution < -0.4 is 21.1 Å². The van der Waals surface area contributed by atoms with Crippen molar-refractivity contribution >= 4 is 24.1 Å². The third kappa shape index (κ3) is 10.0. The largest absolute Gasteiger partial charge is 0.471 e. The van der Waals surface area contributed by atoms with Crippen molar-refractivity contribution in [2.75, 3.05) is 19.0 Å². The minimum absolute atomic E-state index is 0.0246. The molecule has 1 fully saturated rings. The molecule has 4 unspecified atom stereocenters. The van der Waals surface area contributed by atoms with Crippen molar-refractivity contribution in [3.63, 3.8) is 0 Å². The summed E-state index contributed by atoms with van der Waals surface area (Å²) in [4.78, 5) is 34.7. The second-order valence-corrected chi connectivity index (χ2v) is 10.4. The number of aryl methyl sites for hydroxylation is 1. The van der Waals surface area contributed by atoms with Gasteiger partial charge in [-0.1, -0.05) is 13.8 Å². The summed E-state index contributed by atoms with van der Waals surface area (Å²) in [6.45, 7) is 6.16. The van der Waals surface area contributed by atoms with Crippen molar-refractivity contribution in [3.8, 4) is 5.88 Å². The Labute approximate surface area is 242 Å². The molecule has 4 atom stereocenters. The van der Waals surface area contributed by atoms with Gasteiger partial charge in [0.05, 0.1) is 11.8 Å². The number of amides is 2. The van der Waals surface area contributed by atoms with Crippen LogP contribution in [0.1, 0.15) is 62.6 Å². The predicted octanol–water partition coefficient (Wildman–Crippen LogP) is 2.37. The Hall–Kier alpha value is -3.66. The molecule has 2 aromatic heterocycles. The first-order valence-electron chi connectivity index (χ1n) is 13.4. The van der Waals surface area contributed by atoms with E-state index in [4.69, 9.17) is 19.9 Å². The SMILES string of the molecule is CC(C)NC=O.COC1CC(c2cc(NC(=O)c3cc(OCC(F)F)nn3C)n(COC(=O)C(N)C(C)C)n2)CC1F. The maximum atomic E-state index is 14.3. The molecular weight excluding hydrogens is 563 g/mol. The molecule has 0 aromatic carbocycles. The summed E-state index contributed by atoms with van der Waals surface area (Å²) in [5, 5.41) is 13.5. The minimum atomic E-state index is -2.69. The highest BCUT2D eigenvalue weighted by Gasteiger charge is 2.37. The van der Waals surface area contributed by atoms with E-state index in [-0.39, 0.29) is 48.4 Å². The molecule has 1 aliphatic rings. The molecule has 2 heterocycles. The lowest BCUT2D eigenvalue weighted by Crippen LogP contribution is -2.37. The summed E-state index contributed by atoms with van der Waals surface area (Å²) in [5.74, 6) is -1.67. The smallest absolute Gasteiger partial charge is 0.324 e. The van der Waals surface area contributed by atoms with E-state index in [0.29, 0.717) is 18.5 Å². The fourth-order valence-corrected chi connectivity index (χ4v) is 3.95. The van der Waals surface area contributed by atoms with Crippen molar-refractivity contribution in [3.05, 3.63) is 23.5 Å². The number of nitrogens with one attached hydrogen (secondary N) is 2. The van der Waals surface area contributed by atoms with E-state index >= 15 is 0 Å². The summed E-state index contributed by atoms with van der Waals surface area (Å²) in [5.41, 5.74) is 6.35. The molecule has 4 N–H and O–H groups in total. The minimum Gasteiger partial charge on any atom is -0.471 e. The van der Waals surface area contributed by atoms with Gasteiger partial charge in [0.15, 0.2) is 13.3 Å². The highest BCUT2D eigenvalue weighted by atomic mass is 19.3. The number of aromatic nitrogens is 4. The van der Waals surface area contributed by atoms with Gasteiger partial charge in [-0.3, -0.25) is 19.1 Å². The zero-order valence-corrected chi connectivity index (χ0v) is 24.6. The molecule has 236 valence electrons. The van der Waals surface area contributed by atoms with Gasteiger partial charge in [0.2, 0.25) is 12.3 Å². The molecule has 0 radical (unpaired) electrons. The number of carbonyl (C=O) groups excluding carboxylic acids is 3. The second-order valence-electron chi connectivity index (χ2n) is 10.4. The van der Waals surface area contributed by atoms with E-state index in [1.165, 1.54) is 29.6 Å². The number of anilines is 1. The Morgan fingerprint density at radius 1 is 1.19 bits per heavy atom. The molecule has 16 heteroatoms. The van der Waals surface area contributed by atoms with Crippen LogP contribution in [0, 0.1) is 5.92 Å². The van der Waals surface area contributed by atoms with E-state index in [1.54, 1.807) is 19.9 Å². The van der Waals surface area contributed by atoms with Crippen LogP contribution in [-0.4, -0.2) is 82.3 Å². The molecule has 3 rings (SSSR count). The molecular formula is C26H40F3N7O6. The first kappa shape index (κ1) is 34.5. The predicted molar refractivity (Wildman–Crippen MR) is 146 cm³/mol. The van der Waals surface area contributed by atoms with Gasteiger partial charge in [-0.2, -0.15) is 5.10 Å². The van der Waals surface area contributed by atoms with Crippen molar-refractivity contribution in [1.82, 2.24) is 24.9 Å². The van der Waals surface area contributed by atoms with Crippen molar-refractivity contribution in [2.45, 2.75) is 84.0 Å². The normalized spacial score (nSPS) is 18.9. The topological polar surface area (TPSA) is 165 Å². The lowest BCUT2D eigenvalue weighted by Gasteiger charge is -2.15. The molecule has 1 aliphatic carbocycles. The van der Waals surface area contributed by atoms with Gasteiger partial charge in [0.1, 0.15) is 23.7 Å². The van der Waals surface area contributed by atoms with E-state index in [1.807, 2.05) is 13.8 Å². The Kier molecular flexibility index (Phi) is 13.2. The zero-order chi connectivity index (χ0) is 31.6. The standard InChI is InChI=1S/C22H31F3N6O5.C4H9NO/c1-11(2)20(26)22(33)36-10-31-18(7-14(28-31)12-5-13(23)16(6-12)34-4)27-21(32)15-8-19(29-30(15)3)35-9-17(24)25;1-4(2)5-3-6/h7-8,11-13,16-17,20H,5-6,9-10,26H2,1-4H3,(H,27,32);3-4H,1-2H3,(H,5,6). The van der Waals surface area contributed by atoms with E-state index in [2.05, 4.69) is 20.8 Å². The van der Waals surface area contributed by atoms with Crippen LogP contribution in [0.3, 0.4) is 0 Å². The molecule has 0 saturated heterocycles. The monoisotopic (exact) mass is 603 g/mol. The number of hydrogen-bond donors (Lipinski definition) is 3. The third-order valence-corrected chi connectivity index (χ3v) is 6.36. The molecule has 2 amide bonds. The number of esters is 1. The first-order valence-corrected chi connectivity index (χ1v) is 13.4. The van der Waals surface area contributed by atoms with E-state index in [9.17, 15) is 27.6 Å². The average molecular weight is 604 g/mol. The number of nitrogens with zero attached hydrogens (tertiary/aromatic N) is 4. The number of methoxy groups -OCH3 is 1. The highest BCUT2D eigenvalue weighted by molar-refractivity contribution is 6.02. The van der Waals surface area contributed by atoms with Gasteiger partial charge in [0, 0.05) is 38.2 Å². The number of carbonyl (C=O) groups is 3. The van der Waals surface area contributed by atoms with Gasteiger partial charge < -0.3 is 30.6 Å². The highest BCUT2D eigenvalue weighted by Crippen LogP contribution is 2.38. The summed E-state index contributed by atoms with van der Waals surface area (Å²) >= 11 is 0. The number of nitrogens with two attached hydrogens (primary N) is 1. The summed E-state index contributed by atoms with van der Waals surface area (Å²) < 4.78 is 56.9. The number of hydrogen-bond acceptors (Lipinski definition) is 9. The van der Waals surface area contributed by atoms with Gasteiger partial charge in [0.25, 0.3) is 12.3 Å². The van der Waals surface area contributed by atoms with E-state index < -0.39 is 43.2 Å². The molecule has 2 aromatic rings. The number of alkyl halides is 3. The maximum absolute atomic E-state index is 14.3. The fourth-order valence-electron chi connectivity index (χ4n) is 3.95. The summed E-state index contributed by atoms with van der Waals surface area (Å²) in [6, 6.07) is 2.22. The van der Waals surface area contributed by atoms with Crippen LogP contribution in [0.25, 0.3) is 0 Å². The number of ether oxygens (including phenoxy) is 3. The van der Waals surface area contributed by atoms with Gasteiger partial charge in [-0.15, -0.1) is 5.10 Å². The number of halogens is 3. The van der Waals surface area contributed by atoms with Gasteiger partial charge in [-0.25, -0.2) is 17.9 Å². The molecule has 1 saturated carbocycles. The van der Waals surface area contributed by atoms with Crippen molar-refractivity contribution < 1.29 is 41.8 Å². The fraction of sp³-hybridized carbons (Fsp3) is 0.654. The van der Waals surface area contributed by atoms with Gasteiger partial charge >= 0.3 is 5.97 Å². The molecule has 0 aliphatic heterocycles. The zero-order valence-electron chi connectivity index (χ0n) is 24.6. The second kappa shape index (κ2) is 16.1. The number of rotatable bonds is 13. The Bertz CT molecular complexity index is 1170. The summed E-state index contributed by atoms with van der Waals surface area (Å²) in [6.07, 6.45) is -3.14. The van der Waals surface area contributed by atoms with Crippen molar-refractivity contribution in [1.29, 1.82) is 0 Å². The van der Waals surface area contributed by atoms with Crippen LogP contribution >= 0.6 is 0 Å². The quantitative estimate of drug-likeness (QED) is 0.230. The van der Waals surface area contributed by atoms with Crippen LogP contribution in [0.4, 0.5) is 19.0 Å². The Morgan fingerprint density at radius 2 is 1.88 bits per heavy atom. The Morgan fingerprint density at radius 3 is 2.40 bits per heavy atom. The molecule has 0 bridgehead atoms. The lowest BCUT2D eigenvalue weighted by atomic mass is 10.0. The molecule has 0 spiro atoms. The Balaban J connectivity index is 0.000000928. The van der Waals surface area contributed by atoms with Crippen LogP contribution in [0.15, 0.2) is 12.1 Å². The van der Waals surface area contributed by atoms with Crippen molar-refractivity contribution in [2.24, 2.45) is 18.7 Å². The summed E-state index contributed by atoms with van der Waals surface area (Å²) in [7, 11) is 2.89. The van der Waals surface area contributed by atoms with Crippen LogP contribution in [0.2, 0.25) is 0 Å². The average Bonchev–Trinajstić information content (AvgIpc) is 3.61. The van der Waals surface area contributed by atoms with Crippen LogP contribution in [0.5, 0.6) is 5.88 Å².